The van der Waals surface area contributed by atoms with Crippen LogP contribution in [0.3, 0.4) is 0 Å². The monoisotopic (exact) mass is 307 g/mol. The molecule has 5 nitrogen and oxygen atoms in total. The van der Waals surface area contributed by atoms with E-state index in [0.717, 1.165) is 5.56 Å². The van der Waals surface area contributed by atoms with Crippen molar-refractivity contribution >= 4 is 23.4 Å². The number of hydrogen-bond donors (Lipinski definition) is 2. The lowest BCUT2D eigenvalue weighted by atomic mass is 10.1. The fourth-order valence-electron chi connectivity index (χ4n) is 1.68. The number of halogens is 1. The second kappa shape index (κ2) is 9.78. The molecule has 0 aliphatic heterocycles. The number of amides is 2. The number of rotatable bonds is 8. The van der Waals surface area contributed by atoms with Crippen LogP contribution in [0.5, 0.6) is 0 Å². The topological polar surface area (TPSA) is 82.0 Å². The Kier molecular flexibility index (Phi) is 7.92. The van der Waals surface area contributed by atoms with Crippen LogP contribution in [0.2, 0.25) is 5.02 Å². The molecule has 1 aromatic carbocycles. The van der Waals surface area contributed by atoms with Crippen molar-refractivity contribution < 1.29 is 9.59 Å². The molecule has 0 aliphatic rings. The van der Waals surface area contributed by atoms with Crippen molar-refractivity contribution in [2.75, 3.05) is 13.1 Å². The molecular formula is C15H18ClN3O2. The Bertz CT molecular complexity index is 509. The summed E-state index contributed by atoms with van der Waals surface area (Å²) in [5, 5.41) is 14.4. The number of hydrogen-bond acceptors (Lipinski definition) is 3. The highest BCUT2D eigenvalue weighted by molar-refractivity contribution is 6.30. The van der Waals surface area contributed by atoms with Crippen LogP contribution in [-0.4, -0.2) is 24.9 Å². The molecule has 0 saturated carbocycles. The van der Waals surface area contributed by atoms with Crippen LogP contribution < -0.4 is 10.6 Å². The van der Waals surface area contributed by atoms with Gasteiger partial charge in [0.05, 0.1) is 6.07 Å². The Morgan fingerprint density at radius 3 is 2.33 bits per heavy atom. The highest BCUT2D eigenvalue weighted by Gasteiger charge is 2.02. The molecule has 2 amide bonds. The summed E-state index contributed by atoms with van der Waals surface area (Å²) in [6.07, 6.45) is 1.60. The summed E-state index contributed by atoms with van der Waals surface area (Å²) in [6, 6.07) is 9.19. The van der Waals surface area contributed by atoms with E-state index in [1.165, 1.54) is 0 Å². The molecule has 1 aromatic rings. The van der Waals surface area contributed by atoms with Gasteiger partial charge in [0.15, 0.2) is 0 Å². The third-order valence-corrected chi connectivity index (χ3v) is 3.04. The van der Waals surface area contributed by atoms with Gasteiger partial charge in [-0.15, -0.1) is 0 Å². The number of carbonyl (C=O) groups is 2. The molecule has 0 spiro atoms. The lowest BCUT2D eigenvalue weighted by Gasteiger charge is -2.06. The fourth-order valence-corrected chi connectivity index (χ4v) is 1.80. The third-order valence-electron chi connectivity index (χ3n) is 2.79. The Hall–Kier alpha value is -2.06. The maximum atomic E-state index is 11.6. The van der Waals surface area contributed by atoms with Crippen LogP contribution in [0.4, 0.5) is 0 Å². The summed E-state index contributed by atoms with van der Waals surface area (Å²) in [5.41, 5.74) is 1.07. The van der Waals surface area contributed by atoms with Gasteiger partial charge in [-0.1, -0.05) is 23.7 Å². The van der Waals surface area contributed by atoms with E-state index >= 15 is 0 Å². The van der Waals surface area contributed by atoms with Gasteiger partial charge in [0.25, 0.3) is 0 Å². The van der Waals surface area contributed by atoms with Gasteiger partial charge in [0.1, 0.15) is 6.42 Å². The van der Waals surface area contributed by atoms with E-state index in [4.69, 9.17) is 16.9 Å². The van der Waals surface area contributed by atoms with Crippen molar-refractivity contribution in [1.82, 2.24) is 10.6 Å². The molecule has 0 bridgehead atoms. The molecule has 1 rings (SSSR count). The molecule has 6 heteroatoms. The lowest BCUT2D eigenvalue weighted by Crippen LogP contribution is -2.29. The summed E-state index contributed by atoms with van der Waals surface area (Å²) in [4.78, 5) is 22.6. The maximum absolute atomic E-state index is 11.6. The van der Waals surface area contributed by atoms with Gasteiger partial charge < -0.3 is 10.6 Å². The molecule has 0 fully saturated rings. The normalized spacial score (nSPS) is 9.71. The standard InChI is InChI=1S/C15H18ClN3O2/c16-13-5-2-12(3-6-13)4-7-14(20)18-10-1-11-19-15(21)8-9-17/h2-3,5-6H,1,4,7-8,10-11H2,(H,18,20)(H,19,21). The first-order chi connectivity index (χ1) is 10.1. The molecule has 0 atom stereocenters. The Morgan fingerprint density at radius 1 is 1.10 bits per heavy atom. The van der Waals surface area contributed by atoms with Crippen molar-refractivity contribution in [1.29, 1.82) is 5.26 Å². The van der Waals surface area contributed by atoms with Crippen LogP contribution in [0, 0.1) is 11.3 Å². The third kappa shape index (κ3) is 7.95. The summed E-state index contributed by atoms with van der Waals surface area (Å²) in [5.74, 6) is -0.306. The fraction of sp³-hybridized carbons (Fsp3) is 0.400. The first-order valence-corrected chi connectivity index (χ1v) is 7.14. The van der Waals surface area contributed by atoms with Crippen molar-refractivity contribution in [3.63, 3.8) is 0 Å². The van der Waals surface area contributed by atoms with Crippen molar-refractivity contribution in [2.45, 2.75) is 25.7 Å². The minimum Gasteiger partial charge on any atom is -0.356 e. The van der Waals surface area contributed by atoms with E-state index < -0.39 is 0 Å². The van der Waals surface area contributed by atoms with Crippen LogP contribution >= 0.6 is 11.6 Å². The smallest absolute Gasteiger partial charge is 0.234 e. The molecular weight excluding hydrogens is 290 g/mol. The van der Waals surface area contributed by atoms with Crippen molar-refractivity contribution in [2.24, 2.45) is 0 Å². The second-order valence-corrected chi connectivity index (χ2v) is 4.95. The van der Waals surface area contributed by atoms with E-state index in [2.05, 4.69) is 10.6 Å². The molecule has 0 aliphatic carbocycles. The van der Waals surface area contributed by atoms with E-state index in [0.29, 0.717) is 37.4 Å². The summed E-state index contributed by atoms with van der Waals surface area (Å²) >= 11 is 5.79. The van der Waals surface area contributed by atoms with Gasteiger partial charge in [-0.05, 0) is 30.5 Å². The van der Waals surface area contributed by atoms with Crippen LogP contribution in [-0.2, 0) is 16.0 Å². The first kappa shape index (κ1) is 17.0. The average molecular weight is 308 g/mol. The van der Waals surface area contributed by atoms with Crippen molar-refractivity contribution in [3.05, 3.63) is 34.9 Å². The summed E-state index contributed by atoms with van der Waals surface area (Å²) in [6.45, 7) is 0.963. The molecule has 21 heavy (non-hydrogen) atoms. The van der Waals surface area contributed by atoms with Crippen LogP contribution in [0.1, 0.15) is 24.8 Å². The molecule has 0 heterocycles. The second-order valence-electron chi connectivity index (χ2n) is 4.51. The number of nitriles is 1. The van der Waals surface area contributed by atoms with Gasteiger partial charge in [-0.2, -0.15) is 5.26 Å². The molecule has 0 saturated heterocycles. The summed E-state index contributed by atoms with van der Waals surface area (Å²) in [7, 11) is 0. The zero-order chi connectivity index (χ0) is 15.5. The van der Waals surface area contributed by atoms with Crippen molar-refractivity contribution in [3.8, 4) is 6.07 Å². The minimum absolute atomic E-state index is 0.0201. The predicted molar refractivity (Wildman–Crippen MR) is 80.6 cm³/mol. The molecule has 2 N–H and O–H groups in total. The Labute approximate surface area is 129 Å². The highest BCUT2D eigenvalue weighted by Crippen LogP contribution is 2.10. The number of benzene rings is 1. The van der Waals surface area contributed by atoms with Crippen LogP contribution in [0.15, 0.2) is 24.3 Å². The Morgan fingerprint density at radius 2 is 1.71 bits per heavy atom. The van der Waals surface area contributed by atoms with Crippen LogP contribution in [0.25, 0.3) is 0 Å². The molecule has 0 unspecified atom stereocenters. The van der Waals surface area contributed by atoms with Gasteiger partial charge in [-0.3, -0.25) is 9.59 Å². The van der Waals surface area contributed by atoms with Gasteiger partial charge in [-0.25, -0.2) is 0 Å². The van der Waals surface area contributed by atoms with E-state index in [-0.39, 0.29) is 18.2 Å². The van der Waals surface area contributed by atoms with E-state index in [1.54, 1.807) is 18.2 Å². The number of aryl methyl sites for hydroxylation is 1. The van der Waals surface area contributed by atoms with Gasteiger partial charge in [0.2, 0.25) is 11.8 Å². The quantitative estimate of drug-likeness (QED) is 0.719. The highest BCUT2D eigenvalue weighted by atomic mass is 35.5. The SMILES string of the molecule is N#CCC(=O)NCCCNC(=O)CCc1ccc(Cl)cc1. The first-order valence-electron chi connectivity index (χ1n) is 6.76. The number of nitrogens with one attached hydrogen (secondary N) is 2. The number of carbonyl (C=O) groups excluding carboxylic acids is 2. The number of nitrogens with zero attached hydrogens (tertiary/aromatic N) is 1. The molecule has 112 valence electrons. The zero-order valence-corrected chi connectivity index (χ0v) is 12.4. The Balaban J connectivity index is 2.08. The summed E-state index contributed by atoms with van der Waals surface area (Å²) < 4.78 is 0. The largest absolute Gasteiger partial charge is 0.356 e. The average Bonchev–Trinajstić information content (AvgIpc) is 2.46. The van der Waals surface area contributed by atoms with E-state index in [1.807, 2.05) is 12.1 Å². The van der Waals surface area contributed by atoms with Gasteiger partial charge >= 0.3 is 0 Å². The molecule has 0 aromatic heterocycles. The lowest BCUT2D eigenvalue weighted by molar-refractivity contribution is -0.121. The maximum Gasteiger partial charge on any atom is 0.234 e. The van der Waals surface area contributed by atoms with Gasteiger partial charge in [0, 0.05) is 24.5 Å². The predicted octanol–water partition coefficient (Wildman–Crippen LogP) is 1.81. The minimum atomic E-state index is -0.286. The molecule has 0 radical (unpaired) electrons. The van der Waals surface area contributed by atoms with E-state index in [9.17, 15) is 9.59 Å². The zero-order valence-electron chi connectivity index (χ0n) is 11.7.